The molecule has 0 aliphatic carbocycles. The molecule has 6 heteroatoms. The summed E-state index contributed by atoms with van der Waals surface area (Å²) < 4.78 is 53.9. The monoisotopic (exact) mass is 424 g/mol. The van der Waals surface area contributed by atoms with Gasteiger partial charge in [0.25, 0.3) is 0 Å². The molecule has 4 aromatic rings. The highest BCUT2D eigenvalue weighted by Crippen LogP contribution is 2.34. The smallest absolute Gasteiger partial charge is 0.385 e. The first-order chi connectivity index (χ1) is 14.8. The standard InChI is InChI=1S/C25H20F4N2/c1-3-30-19-8-4-16(5-9-19)20-10-6-17(13-22(20)26)24-12-15(2)21-14-18(25(27,28)29)7-11-23(21)31-24/h4-14,30H,3H2,1-2H3. The van der Waals surface area contributed by atoms with Crippen LogP contribution in [0.1, 0.15) is 18.1 Å². The van der Waals surface area contributed by atoms with E-state index in [4.69, 9.17) is 0 Å². The lowest BCUT2D eigenvalue weighted by atomic mass is 9.99. The second kappa shape index (κ2) is 8.02. The van der Waals surface area contributed by atoms with Crippen molar-refractivity contribution in [1.82, 2.24) is 4.98 Å². The molecular weight excluding hydrogens is 404 g/mol. The lowest BCUT2D eigenvalue weighted by Gasteiger charge is -2.12. The van der Waals surface area contributed by atoms with E-state index in [1.54, 1.807) is 25.1 Å². The summed E-state index contributed by atoms with van der Waals surface area (Å²) in [5.74, 6) is -0.388. The Morgan fingerprint density at radius 1 is 0.871 bits per heavy atom. The Hall–Kier alpha value is -3.41. The van der Waals surface area contributed by atoms with Crippen molar-refractivity contribution in [3.05, 3.63) is 83.7 Å². The van der Waals surface area contributed by atoms with Crippen LogP contribution in [0.5, 0.6) is 0 Å². The third-order valence-electron chi connectivity index (χ3n) is 5.18. The molecule has 0 atom stereocenters. The molecule has 0 aliphatic rings. The van der Waals surface area contributed by atoms with Crippen LogP contribution < -0.4 is 5.32 Å². The van der Waals surface area contributed by atoms with E-state index in [1.807, 2.05) is 31.2 Å². The second-order valence-electron chi connectivity index (χ2n) is 7.36. The Morgan fingerprint density at radius 2 is 1.58 bits per heavy atom. The Bertz CT molecular complexity index is 1250. The molecule has 0 radical (unpaired) electrons. The van der Waals surface area contributed by atoms with Crippen LogP contribution in [0.25, 0.3) is 33.3 Å². The maximum Gasteiger partial charge on any atom is 0.416 e. The lowest BCUT2D eigenvalue weighted by molar-refractivity contribution is -0.137. The van der Waals surface area contributed by atoms with Gasteiger partial charge in [-0.25, -0.2) is 9.37 Å². The average molecular weight is 424 g/mol. The minimum absolute atomic E-state index is 0.388. The van der Waals surface area contributed by atoms with Crippen molar-refractivity contribution in [3.8, 4) is 22.4 Å². The van der Waals surface area contributed by atoms with Crippen molar-refractivity contribution < 1.29 is 17.6 Å². The van der Waals surface area contributed by atoms with E-state index < -0.39 is 11.7 Å². The number of alkyl halides is 3. The largest absolute Gasteiger partial charge is 0.416 e. The Kier molecular flexibility index (Phi) is 5.39. The van der Waals surface area contributed by atoms with Gasteiger partial charge in [0.05, 0.1) is 16.8 Å². The summed E-state index contributed by atoms with van der Waals surface area (Å²) in [7, 11) is 0. The highest BCUT2D eigenvalue weighted by molar-refractivity contribution is 5.86. The van der Waals surface area contributed by atoms with E-state index in [9.17, 15) is 17.6 Å². The lowest BCUT2D eigenvalue weighted by Crippen LogP contribution is -2.04. The number of aromatic nitrogens is 1. The van der Waals surface area contributed by atoms with Crippen LogP contribution in [0.15, 0.2) is 66.7 Å². The minimum Gasteiger partial charge on any atom is -0.385 e. The number of fused-ring (bicyclic) bond motifs is 1. The molecule has 0 spiro atoms. The van der Waals surface area contributed by atoms with Gasteiger partial charge in [-0.05, 0) is 67.4 Å². The number of anilines is 1. The van der Waals surface area contributed by atoms with Gasteiger partial charge in [-0.2, -0.15) is 13.2 Å². The van der Waals surface area contributed by atoms with Crippen molar-refractivity contribution >= 4 is 16.6 Å². The highest BCUT2D eigenvalue weighted by atomic mass is 19.4. The van der Waals surface area contributed by atoms with Gasteiger partial charge in [-0.15, -0.1) is 0 Å². The topological polar surface area (TPSA) is 24.9 Å². The molecule has 1 heterocycles. The van der Waals surface area contributed by atoms with E-state index in [2.05, 4.69) is 10.3 Å². The van der Waals surface area contributed by atoms with Crippen LogP contribution in [0, 0.1) is 12.7 Å². The molecule has 31 heavy (non-hydrogen) atoms. The third kappa shape index (κ3) is 4.24. The summed E-state index contributed by atoms with van der Waals surface area (Å²) in [6.45, 7) is 4.53. The number of nitrogens with one attached hydrogen (secondary N) is 1. The van der Waals surface area contributed by atoms with Gasteiger partial charge in [0.1, 0.15) is 5.82 Å². The molecule has 0 saturated heterocycles. The highest BCUT2D eigenvalue weighted by Gasteiger charge is 2.30. The van der Waals surface area contributed by atoms with E-state index in [0.717, 1.165) is 29.9 Å². The Balaban J connectivity index is 1.70. The first-order valence-corrected chi connectivity index (χ1v) is 9.89. The van der Waals surface area contributed by atoms with Gasteiger partial charge >= 0.3 is 6.18 Å². The summed E-state index contributed by atoms with van der Waals surface area (Å²) >= 11 is 0. The number of hydrogen-bond acceptors (Lipinski definition) is 2. The van der Waals surface area contributed by atoms with E-state index in [0.29, 0.717) is 33.3 Å². The third-order valence-corrected chi connectivity index (χ3v) is 5.18. The average Bonchev–Trinajstić information content (AvgIpc) is 2.73. The van der Waals surface area contributed by atoms with E-state index in [-0.39, 0.29) is 5.82 Å². The number of halogens is 4. The second-order valence-corrected chi connectivity index (χ2v) is 7.36. The Morgan fingerprint density at radius 3 is 2.23 bits per heavy atom. The van der Waals surface area contributed by atoms with Crippen molar-refractivity contribution in [2.45, 2.75) is 20.0 Å². The maximum absolute atomic E-state index is 14.9. The summed E-state index contributed by atoms with van der Waals surface area (Å²) in [5.41, 5.74) is 3.64. The molecule has 0 fully saturated rings. The van der Waals surface area contributed by atoms with Crippen LogP contribution in [-0.4, -0.2) is 11.5 Å². The Labute approximate surface area is 177 Å². The number of aryl methyl sites for hydroxylation is 1. The van der Waals surface area contributed by atoms with Crippen molar-refractivity contribution in [3.63, 3.8) is 0 Å². The summed E-state index contributed by atoms with van der Waals surface area (Å²) in [6.07, 6.45) is -4.41. The molecule has 0 unspecified atom stereocenters. The van der Waals surface area contributed by atoms with Gasteiger partial charge in [-0.1, -0.05) is 24.3 Å². The summed E-state index contributed by atoms with van der Waals surface area (Å²) in [6, 6.07) is 17.5. The number of benzene rings is 3. The molecule has 1 aromatic heterocycles. The van der Waals surface area contributed by atoms with E-state index in [1.165, 1.54) is 12.1 Å². The molecule has 2 nitrogen and oxygen atoms in total. The van der Waals surface area contributed by atoms with Crippen LogP contribution in [0.2, 0.25) is 0 Å². The summed E-state index contributed by atoms with van der Waals surface area (Å²) in [5, 5.41) is 3.63. The fourth-order valence-electron chi connectivity index (χ4n) is 3.60. The van der Waals surface area contributed by atoms with Crippen molar-refractivity contribution in [2.24, 2.45) is 0 Å². The van der Waals surface area contributed by atoms with Crippen molar-refractivity contribution in [2.75, 3.05) is 11.9 Å². The molecule has 0 bridgehead atoms. The first-order valence-electron chi connectivity index (χ1n) is 9.89. The van der Waals surface area contributed by atoms with Crippen LogP contribution in [0.4, 0.5) is 23.2 Å². The molecule has 0 amide bonds. The van der Waals surface area contributed by atoms with Gasteiger partial charge in [0, 0.05) is 28.7 Å². The predicted molar refractivity (Wildman–Crippen MR) is 116 cm³/mol. The zero-order valence-corrected chi connectivity index (χ0v) is 17.0. The molecule has 3 aromatic carbocycles. The molecule has 0 saturated carbocycles. The van der Waals surface area contributed by atoms with Gasteiger partial charge in [0.2, 0.25) is 0 Å². The van der Waals surface area contributed by atoms with Gasteiger partial charge in [0.15, 0.2) is 0 Å². The zero-order valence-electron chi connectivity index (χ0n) is 17.0. The first kappa shape index (κ1) is 20.8. The fourth-order valence-corrected chi connectivity index (χ4v) is 3.60. The van der Waals surface area contributed by atoms with Crippen LogP contribution in [0.3, 0.4) is 0 Å². The van der Waals surface area contributed by atoms with Gasteiger partial charge < -0.3 is 5.32 Å². The number of hydrogen-bond donors (Lipinski definition) is 1. The fraction of sp³-hybridized carbons (Fsp3) is 0.160. The number of nitrogens with zero attached hydrogens (tertiary/aromatic N) is 1. The molecular formula is C25H20F4N2. The summed E-state index contributed by atoms with van der Waals surface area (Å²) in [4.78, 5) is 4.46. The minimum atomic E-state index is -4.41. The molecule has 4 rings (SSSR count). The van der Waals surface area contributed by atoms with Crippen LogP contribution in [-0.2, 0) is 6.18 Å². The normalized spacial score (nSPS) is 11.7. The van der Waals surface area contributed by atoms with Crippen molar-refractivity contribution in [1.29, 1.82) is 0 Å². The van der Waals surface area contributed by atoms with E-state index >= 15 is 0 Å². The SMILES string of the molecule is CCNc1ccc(-c2ccc(-c3cc(C)c4cc(C(F)(F)F)ccc4n3)cc2F)cc1. The molecule has 158 valence electrons. The maximum atomic E-state index is 14.9. The quantitative estimate of drug-likeness (QED) is 0.344. The molecule has 1 N–H and O–H groups in total. The van der Waals surface area contributed by atoms with Gasteiger partial charge in [-0.3, -0.25) is 0 Å². The predicted octanol–water partition coefficient (Wildman–Crippen LogP) is 7.47. The number of pyridine rings is 1. The molecule has 0 aliphatic heterocycles. The van der Waals surface area contributed by atoms with Crippen LogP contribution >= 0.6 is 0 Å². The number of rotatable bonds is 4. The zero-order chi connectivity index (χ0) is 22.2.